The number of aliphatic hydroxyl groups is 1. The van der Waals surface area contributed by atoms with Crippen molar-refractivity contribution in [1.82, 2.24) is 19.6 Å². The zero-order chi connectivity index (χ0) is 18.6. The summed E-state index contributed by atoms with van der Waals surface area (Å²) in [6.07, 6.45) is 9.36. The molecule has 8 heteroatoms. The Labute approximate surface area is 159 Å². The lowest BCUT2D eigenvalue weighted by molar-refractivity contribution is 0.262. The average molecular weight is 362 g/mol. The van der Waals surface area contributed by atoms with E-state index in [1.807, 2.05) is 24.4 Å². The van der Waals surface area contributed by atoms with Crippen LogP contribution in [-0.2, 0) is 6.54 Å². The standard InChI is InChI=1S/C19H23BN6O/c20-16-13-23-26-17(22-12-14-4-3-7-21-11-14)10-18(24-19(16)26)25-8-2-1-5-15(25)6-9-27/h3-4,7,10-11,13,15,22,27H,1-2,5-6,8-9,12H2. The molecule has 0 saturated carbocycles. The molecule has 0 aromatic carbocycles. The third-order valence-electron chi connectivity index (χ3n) is 5.07. The van der Waals surface area contributed by atoms with E-state index < -0.39 is 0 Å². The van der Waals surface area contributed by atoms with Gasteiger partial charge < -0.3 is 15.3 Å². The lowest BCUT2D eigenvalue weighted by Crippen LogP contribution is -2.40. The number of hydrogen-bond donors (Lipinski definition) is 2. The van der Waals surface area contributed by atoms with E-state index in [9.17, 15) is 5.11 Å². The first-order valence-electron chi connectivity index (χ1n) is 9.41. The normalized spacial score (nSPS) is 17.4. The van der Waals surface area contributed by atoms with Crippen LogP contribution < -0.4 is 15.7 Å². The minimum Gasteiger partial charge on any atom is -0.396 e. The summed E-state index contributed by atoms with van der Waals surface area (Å²) in [5.74, 6) is 1.71. The van der Waals surface area contributed by atoms with Crippen LogP contribution in [0.4, 0.5) is 11.6 Å². The maximum absolute atomic E-state index is 9.43. The second-order valence-electron chi connectivity index (χ2n) is 6.91. The zero-order valence-electron chi connectivity index (χ0n) is 15.3. The molecule has 3 aromatic heterocycles. The number of nitrogens with zero attached hydrogens (tertiary/aromatic N) is 5. The van der Waals surface area contributed by atoms with Crippen molar-refractivity contribution < 1.29 is 5.11 Å². The molecule has 0 aliphatic carbocycles. The molecule has 7 nitrogen and oxygen atoms in total. The molecule has 1 fully saturated rings. The molecule has 1 unspecified atom stereocenters. The Hall–Kier alpha value is -2.61. The van der Waals surface area contributed by atoms with Crippen molar-refractivity contribution in [2.75, 3.05) is 23.4 Å². The number of aromatic nitrogens is 4. The van der Waals surface area contributed by atoms with Crippen LogP contribution in [0.3, 0.4) is 0 Å². The van der Waals surface area contributed by atoms with Crippen LogP contribution >= 0.6 is 0 Å². The summed E-state index contributed by atoms with van der Waals surface area (Å²) >= 11 is 0. The van der Waals surface area contributed by atoms with Gasteiger partial charge >= 0.3 is 0 Å². The van der Waals surface area contributed by atoms with E-state index in [2.05, 4.69) is 20.3 Å². The lowest BCUT2D eigenvalue weighted by Gasteiger charge is -2.36. The Morgan fingerprint density at radius 3 is 3.04 bits per heavy atom. The van der Waals surface area contributed by atoms with Crippen LogP contribution in [-0.4, -0.2) is 51.7 Å². The van der Waals surface area contributed by atoms with Crippen LogP contribution in [0.25, 0.3) is 5.65 Å². The summed E-state index contributed by atoms with van der Waals surface area (Å²) in [4.78, 5) is 11.2. The van der Waals surface area contributed by atoms with Crippen molar-refractivity contribution >= 4 is 30.6 Å². The molecule has 2 N–H and O–H groups in total. The van der Waals surface area contributed by atoms with Crippen molar-refractivity contribution in [3.05, 3.63) is 42.4 Å². The number of fused-ring (bicyclic) bond motifs is 1. The largest absolute Gasteiger partial charge is 0.396 e. The highest BCUT2D eigenvalue weighted by atomic mass is 16.3. The molecule has 1 saturated heterocycles. The first-order valence-corrected chi connectivity index (χ1v) is 9.41. The quantitative estimate of drug-likeness (QED) is 0.643. The van der Waals surface area contributed by atoms with E-state index in [1.54, 1.807) is 16.9 Å². The predicted octanol–water partition coefficient (Wildman–Crippen LogP) is 1.27. The number of pyridine rings is 1. The Balaban J connectivity index is 1.68. The third-order valence-corrected chi connectivity index (χ3v) is 5.07. The molecule has 1 aliphatic rings. The van der Waals surface area contributed by atoms with Crippen LogP contribution in [0, 0.1) is 0 Å². The van der Waals surface area contributed by atoms with Gasteiger partial charge in [-0.05, 0) is 42.8 Å². The van der Waals surface area contributed by atoms with Gasteiger partial charge in [-0.2, -0.15) is 9.61 Å². The van der Waals surface area contributed by atoms with Crippen molar-refractivity contribution in [2.24, 2.45) is 0 Å². The molecule has 1 atom stereocenters. The van der Waals surface area contributed by atoms with E-state index in [4.69, 9.17) is 12.8 Å². The fourth-order valence-electron chi connectivity index (χ4n) is 3.69. The number of rotatable bonds is 6. The van der Waals surface area contributed by atoms with E-state index in [1.165, 1.54) is 6.42 Å². The van der Waals surface area contributed by atoms with Gasteiger partial charge in [0.1, 0.15) is 19.5 Å². The smallest absolute Gasteiger partial charge is 0.152 e. The van der Waals surface area contributed by atoms with Crippen LogP contribution in [0.5, 0.6) is 0 Å². The molecule has 0 spiro atoms. The van der Waals surface area contributed by atoms with Gasteiger partial charge in [-0.25, -0.2) is 4.98 Å². The topological polar surface area (TPSA) is 78.6 Å². The highest BCUT2D eigenvalue weighted by Gasteiger charge is 2.24. The summed E-state index contributed by atoms with van der Waals surface area (Å²) in [5.41, 5.74) is 2.28. The van der Waals surface area contributed by atoms with E-state index in [0.29, 0.717) is 23.7 Å². The maximum Gasteiger partial charge on any atom is 0.152 e. The number of nitrogens with one attached hydrogen (secondary N) is 1. The van der Waals surface area contributed by atoms with Crippen LogP contribution in [0.15, 0.2) is 36.8 Å². The summed E-state index contributed by atoms with van der Waals surface area (Å²) in [7, 11) is 6.10. The Kier molecular flexibility index (Phi) is 5.24. The number of anilines is 2. The molecular formula is C19H23BN6O. The molecule has 27 heavy (non-hydrogen) atoms. The highest BCUT2D eigenvalue weighted by Crippen LogP contribution is 2.27. The fourth-order valence-corrected chi connectivity index (χ4v) is 3.69. The van der Waals surface area contributed by atoms with Gasteiger partial charge in [0.25, 0.3) is 0 Å². The van der Waals surface area contributed by atoms with Gasteiger partial charge in [-0.3, -0.25) is 4.98 Å². The number of aliphatic hydroxyl groups excluding tert-OH is 1. The van der Waals surface area contributed by atoms with Crippen molar-refractivity contribution in [2.45, 2.75) is 38.3 Å². The van der Waals surface area contributed by atoms with Crippen molar-refractivity contribution in [3.63, 3.8) is 0 Å². The summed E-state index contributed by atoms with van der Waals surface area (Å²) < 4.78 is 1.74. The maximum atomic E-state index is 9.43. The minimum absolute atomic E-state index is 0.185. The molecule has 4 rings (SSSR count). The van der Waals surface area contributed by atoms with Crippen LogP contribution in [0.2, 0.25) is 0 Å². The zero-order valence-corrected chi connectivity index (χ0v) is 15.3. The second-order valence-corrected chi connectivity index (χ2v) is 6.91. The Bertz CT molecular complexity index is 898. The molecular weight excluding hydrogens is 339 g/mol. The first kappa shape index (κ1) is 17.8. The van der Waals surface area contributed by atoms with Gasteiger partial charge in [0.2, 0.25) is 0 Å². The van der Waals surface area contributed by atoms with Gasteiger partial charge in [-0.15, -0.1) is 0 Å². The molecule has 138 valence electrons. The van der Waals surface area contributed by atoms with E-state index in [-0.39, 0.29) is 6.61 Å². The van der Waals surface area contributed by atoms with Crippen LogP contribution in [0.1, 0.15) is 31.2 Å². The number of piperidine rings is 1. The fraction of sp³-hybridized carbons (Fsp3) is 0.421. The third kappa shape index (κ3) is 3.76. The Morgan fingerprint density at radius 2 is 2.22 bits per heavy atom. The van der Waals surface area contributed by atoms with Gasteiger partial charge in [0.15, 0.2) is 5.65 Å². The minimum atomic E-state index is 0.185. The predicted molar refractivity (Wildman–Crippen MR) is 107 cm³/mol. The number of hydrogen-bond acceptors (Lipinski definition) is 6. The van der Waals surface area contributed by atoms with E-state index >= 15 is 0 Å². The molecule has 2 radical (unpaired) electrons. The lowest BCUT2D eigenvalue weighted by atomic mass is 9.99. The molecule has 0 bridgehead atoms. The average Bonchev–Trinajstić information content (AvgIpc) is 3.09. The van der Waals surface area contributed by atoms with Gasteiger partial charge in [0.05, 0.1) is 0 Å². The van der Waals surface area contributed by atoms with Crippen molar-refractivity contribution in [3.8, 4) is 0 Å². The summed E-state index contributed by atoms with van der Waals surface area (Å²) in [6, 6.07) is 6.27. The Morgan fingerprint density at radius 1 is 1.30 bits per heavy atom. The second kappa shape index (κ2) is 7.96. The molecule has 3 aromatic rings. The molecule has 0 amide bonds. The highest BCUT2D eigenvalue weighted by molar-refractivity contribution is 6.36. The monoisotopic (exact) mass is 362 g/mol. The summed E-state index contributed by atoms with van der Waals surface area (Å²) in [6.45, 7) is 1.75. The SMILES string of the molecule is [B]c1cnn2c(NCc3cccnc3)cc(N3CCCCC3CCO)nc12. The molecule has 1 aliphatic heterocycles. The van der Waals surface area contributed by atoms with Crippen molar-refractivity contribution in [1.29, 1.82) is 0 Å². The van der Waals surface area contributed by atoms with Gasteiger partial charge in [0, 0.05) is 50.4 Å². The molecule has 4 heterocycles. The first-order chi connectivity index (χ1) is 13.3. The summed E-state index contributed by atoms with van der Waals surface area (Å²) in [5, 5.41) is 17.2. The van der Waals surface area contributed by atoms with Gasteiger partial charge in [-0.1, -0.05) is 6.07 Å². The van der Waals surface area contributed by atoms with E-state index in [0.717, 1.165) is 43.0 Å².